The quantitative estimate of drug-likeness (QED) is 0.842. The Labute approximate surface area is 123 Å². The van der Waals surface area contributed by atoms with Gasteiger partial charge in [0.1, 0.15) is 0 Å². The van der Waals surface area contributed by atoms with E-state index in [4.69, 9.17) is 4.74 Å². The Hall–Kier alpha value is -0.610. The van der Waals surface area contributed by atoms with E-state index in [1.54, 1.807) is 7.11 Å². The predicted molar refractivity (Wildman–Crippen MR) is 80.3 cm³/mol. The molecule has 1 heterocycles. The van der Waals surface area contributed by atoms with Crippen molar-refractivity contribution in [3.8, 4) is 0 Å². The van der Waals surface area contributed by atoms with Crippen LogP contribution in [0.4, 0.5) is 0 Å². The average molecular weight is 282 g/mol. The fourth-order valence-corrected chi connectivity index (χ4v) is 3.77. The maximum Gasteiger partial charge on any atom is 0.241 e. The molecule has 0 spiro atoms. The van der Waals surface area contributed by atoms with Gasteiger partial charge in [-0.3, -0.25) is 10.1 Å². The summed E-state index contributed by atoms with van der Waals surface area (Å²) in [6.07, 6.45) is 3.36. The molecule has 1 aliphatic carbocycles. The Balaban J connectivity index is 2.18. The van der Waals surface area contributed by atoms with E-state index in [0.717, 1.165) is 19.3 Å². The minimum Gasteiger partial charge on any atom is -0.381 e. The molecule has 2 rings (SSSR count). The Kier molecular flexibility index (Phi) is 4.45. The van der Waals surface area contributed by atoms with Crippen molar-refractivity contribution in [2.45, 2.75) is 78.2 Å². The molecule has 1 amide bonds. The van der Waals surface area contributed by atoms with Gasteiger partial charge in [0.15, 0.2) is 0 Å². The smallest absolute Gasteiger partial charge is 0.241 e. The molecule has 1 aliphatic heterocycles. The number of carbonyl (C=O) groups is 1. The van der Waals surface area contributed by atoms with Gasteiger partial charge in [0.25, 0.3) is 0 Å². The summed E-state index contributed by atoms with van der Waals surface area (Å²) < 4.78 is 5.54. The Morgan fingerprint density at radius 1 is 1.45 bits per heavy atom. The Morgan fingerprint density at radius 2 is 2.10 bits per heavy atom. The van der Waals surface area contributed by atoms with Crippen molar-refractivity contribution in [1.82, 2.24) is 10.2 Å². The second kappa shape index (κ2) is 5.64. The van der Waals surface area contributed by atoms with Gasteiger partial charge in [-0.25, -0.2) is 0 Å². The first-order chi connectivity index (χ1) is 9.34. The minimum atomic E-state index is 0.00444. The number of hydrogen-bond acceptors (Lipinski definition) is 3. The van der Waals surface area contributed by atoms with E-state index in [0.29, 0.717) is 12.0 Å². The molecule has 0 aromatic carbocycles. The lowest BCUT2D eigenvalue weighted by Gasteiger charge is -2.56. The molecule has 0 aromatic heterocycles. The number of hydrogen-bond donors (Lipinski definition) is 1. The summed E-state index contributed by atoms with van der Waals surface area (Å²) in [6, 6.07) is 0.298. The van der Waals surface area contributed by atoms with Crippen LogP contribution in [-0.4, -0.2) is 42.3 Å². The fraction of sp³-hybridized carbons (Fsp3) is 0.938. The lowest BCUT2D eigenvalue weighted by atomic mass is 9.63. The third kappa shape index (κ3) is 2.37. The highest BCUT2D eigenvalue weighted by Gasteiger charge is 2.56. The van der Waals surface area contributed by atoms with Gasteiger partial charge in [0.2, 0.25) is 5.91 Å². The maximum absolute atomic E-state index is 12.7. The fourth-order valence-electron chi connectivity index (χ4n) is 3.77. The molecule has 1 saturated heterocycles. The molecule has 0 bridgehead atoms. The molecule has 4 nitrogen and oxygen atoms in total. The summed E-state index contributed by atoms with van der Waals surface area (Å²) in [6.45, 7) is 10.9. The highest BCUT2D eigenvalue weighted by Crippen LogP contribution is 2.47. The third-order valence-corrected chi connectivity index (χ3v) is 5.18. The molecule has 116 valence electrons. The summed E-state index contributed by atoms with van der Waals surface area (Å²) in [5, 5.41) is 3.55. The van der Waals surface area contributed by atoms with Crippen molar-refractivity contribution in [2.75, 3.05) is 7.11 Å². The van der Waals surface area contributed by atoms with E-state index >= 15 is 0 Å². The van der Waals surface area contributed by atoms with Crippen molar-refractivity contribution < 1.29 is 9.53 Å². The van der Waals surface area contributed by atoms with Gasteiger partial charge in [-0.05, 0) is 18.8 Å². The number of rotatable bonds is 5. The van der Waals surface area contributed by atoms with Gasteiger partial charge in [0.05, 0.1) is 18.3 Å². The predicted octanol–water partition coefficient (Wildman–Crippen LogP) is 2.38. The molecule has 1 N–H and O–H groups in total. The number of methoxy groups -OCH3 is 1. The van der Waals surface area contributed by atoms with E-state index in [-0.39, 0.29) is 29.6 Å². The Morgan fingerprint density at radius 3 is 2.55 bits per heavy atom. The first-order valence-electron chi connectivity index (χ1n) is 7.95. The van der Waals surface area contributed by atoms with Crippen LogP contribution in [0.1, 0.15) is 53.9 Å². The summed E-state index contributed by atoms with van der Waals surface area (Å²) in [5.74, 6) is 0.719. The van der Waals surface area contributed by atoms with Crippen LogP contribution in [0.5, 0.6) is 0 Å². The molecular formula is C16H30N2O2. The monoisotopic (exact) mass is 282 g/mol. The molecule has 4 unspecified atom stereocenters. The van der Waals surface area contributed by atoms with Gasteiger partial charge in [-0.15, -0.1) is 0 Å². The highest BCUT2D eigenvalue weighted by atomic mass is 16.5. The second-order valence-corrected chi connectivity index (χ2v) is 7.24. The number of amides is 1. The van der Waals surface area contributed by atoms with Crippen molar-refractivity contribution in [2.24, 2.45) is 11.3 Å². The topological polar surface area (TPSA) is 41.6 Å². The summed E-state index contributed by atoms with van der Waals surface area (Å²) >= 11 is 0. The lowest BCUT2D eigenvalue weighted by Crippen LogP contribution is -2.65. The molecule has 2 fully saturated rings. The van der Waals surface area contributed by atoms with Crippen LogP contribution >= 0.6 is 0 Å². The van der Waals surface area contributed by atoms with Gasteiger partial charge < -0.3 is 9.64 Å². The van der Waals surface area contributed by atoms with E-state index in [1.807, 2.05) is 0 Å². The van der Waals surface area contributed by atoms with Gasteiger partial charge in [0, 0.05) is 18.6 Å². The van der Waals surface area contributed by atoms with Crippen molar-refractivity contribution >= 4 is 5.91 Å². The van der Waals surface area contributed by atoms with Crippen molar-refractivity contribution in [3.05, 3.63) is 0 Å². The lowest BCUT2D eigenvalue weighted by molar-refractivity contribution is -0.164. The van der Waals surface area contributed by atoms with Crippen LogP contribution in [-0.2, 0) is 9.53 Å². The van der Waals surface area contributed by atoms with Crippen LogP contribution in [0.3, 0.4) is 0 Å². The molecule has 4 heteroatoms. The normalized spacial score (nSPS) is 36.5. The average Bonchev–Trinajstić information content (AvgIpc) is 2.68. The number of ether oxygens (including phenoxy) is 1. The second-order valence-electron chi connectivity index (χ2n) is 7.24. The third-order valence-electron chi connectivity index (χ3n) is 5.18. The van der Waals surface area contributed by atoms with Gasteiger partial charge in [-0.2, -0.15) is 0 Å². The van der Waals surface area contributed by atoms with Gasteiger partial charge >= 0.3 is 0 Å². The van der Waals surface area contributed by atoms with Crippen LogP contribution in [0.2, 0.25) is 0 Å². The van der Waals surface area contributed by atoms with Crippen molar-refractivity contribution in [3.63, 3.8) is 0 Å². The SMILES string of the molecule is CCCC1NC(C(C)C)N(C2CC(OC)C2(C)C)C1=O. The summed E-state index contributed by atoms with van der Waals surface area (Å²) in [7, 11) is 1.77. The maximum atomic E-state index is 12.7. The first kappa shape index (κ1) is 15.8. The summed E-state index contributed by atoms with van der Waals surface area (Å²) in [4.78, 5) is 14.9. The zero-order valence-corrected chi connectivity index (χ0v) is 13.8. The minimum absolute atomic E-state index is 0.00444. The largest absolute Gasteiger partial charge is 0.381 e. The Bertz CT molecular complexity index is 367. The first-order valence-corrected chi connectivity index (χ1v) is 7.95. The highest BCUT2D eigenvalue weighted by molar-refractivity contribution is 5.85. The van der Waals surface area contributed by atoms with Crippen LogP contribution in [0, 0.1) is 11.3 Å². The molecule has 4 atom stereocenters. The number of carbonyl (C=O) groups excluding carboxylic acids is 1. The van der Waals surface area contributed by atoms with Crippen LogP contribution < -0.4 is 5.32 Å². The molecule has 0 radical (unpaired) electrons. The van der Waals surface area contributed by atoms with E-state index in [1.165, 1.54) is 0 Å². The standard InChI is InChI=1S/C16H30N2O2/c1-7-8-11-15(19)18(14(17-11)10(2)3)12-9-13(20-6)16(12,4)5/h10-14,17H,7-9H2,1-6H3. The molecular weight excluding hydrogens is 252 g/mol. The molecule has 1 saturated carbocycles. The zero-order chi connectivity index (χ0) is 15.1. The molecule has 2 aliphatic rings. The van der Waals surface area contributed by atoms with E-state index < -0.39 is 0 Å². The number of nitrogens with one attached hydrogen (secondary N) is 1. The van der Waals surface area contributed by atoms with Gasteiger partial charge in [-0.1, -0.05) is 41.0 Å². The van der Waals surface area contributed by atoms with Crippen molar-refractivity contribution in [1.29, 1.82) is 0 Å². The van der Waals surface area contributed by atoms with E-state index in [2.05, 4.69) is 44.8 Å². The zero-order valence-electron chi connectivity index (χ0n) is 13.8. The molecule has 0 aromatic rings. The van der Waals surface area contributed by atoms with Crippen LogP contribution in [0.25, 0.3) is 0 Å². The van der Waals surface area contributed by atoms with E-state index in [9.17, 15) is 4.79 Å². The summed E-state index contributed by atoms with van der Waals surface area (Å²) in [5.41, 5.74) is 0.0420. The molecule has 20 heavy (non-hydrogen) atoms. The van der Waals surface area contributed by atoms with Crippen LogP contribution in [0.15, 0.2) is 0 Å². The number of nitrogens with zero attached hydrogens (tertiary/aromatic N) is 1.